The van der Waals surface area contributed by atoms with Gasteiger partial charge in [0.1, 0.15) is 0 Å². The van der Waals surface area contributed by atoms with Gasteiger partial charge in [0, 0.05) is 6.54 Å². The fourth-order valence-electron chi connectivity index (χ4n) is 0.717. The summed E-state index contributed by atoms with van der Waals surface area (Å²) >= 11 is 1.65. The number of nitrogens with one attached hydrogen (secondary N) is 1. The van der Waals surface area contributed by atoms with E-state index < -0.39 is 0 Å². The van der Waals surface area contributed by atoms with Crippen molar-refractivity contribution in [3.05, 3.63) is 0 Å². The number of hydrogen-bond donors (Lipinski definition) is 2. The minimum atomic E-state index is 0.0156. The van der Waals surface area contributed by atoms with Crippen molar-refractivity contribution in [3.63, 3.8) is 0 Å². The van der Waals surface area contributed by atoms with Crippen molar-refractivity contribution < 1.29 is 9.90 Å². The van der Waals surface area contributed by atoms with Crippen molar-refractivity contribution in [1.82, 2.24) is 5.32 Å². The molecule has 0 aromatic rings. The first-order valence-electron chi connectivity index (χ1n) is 4.66. The summed E-state index contributed by atoms with van der Waals surface area (Å²) in [6.07, 6.45) is 1.16. The van der Waals surface area contributed by atoms with Gasteiger partial charge in [-0.2, -0.15) is 11.8 Å². The van der Waals surface area contributed by atoms with Crippen molar-refractivity contribution in [2.45, 2.75) is 20.3 Å². The van der Waals surface area contributed by atoms with Crippen LogP contribution in [-0.4, -0.2) is 35.7 Å². The molecule has 0 aromatic heterocycles. The van der Waals surface area contributed by atoms with Crippen molar-refractivity contribution in [1.29, 1.82) is 0 Å². The third kappa shape index (κ3) is 8.12. The molecule has 3 nitrogen and oxygen atoms in total. The molecule has 78 valence electrons. The summed E-state index contributed by atoms with van der Waals surface area (Å²) in [6, 6.07) is 0. The molecule has 1 unspecified atom stereocenters. The molecule has 4 heteroatoms. The number of thioether (sulfide) groups is 1. The Morgan fingerprint density at radius 2 is 2.31 bits per heavy atom. The van der Waals surface area contributed by atoms with E-state index in [1.165, 1.54) is 0 Å². The normalized spacial score (nSPS) is 12.5. The highest BCUT2D eigenvalue weighted by molar-refractivity contribution is 7.99. The minimum absolute atomic E-state index is 0.0156. The van der Waals surface area contributed by atoms with Gasteiger partial charge < -0.3 is 10.4 Å². The molecular weight excluding hydrogens is 186 g/mol. The van der Waals surface area contributed by atoms with Crippen LogP contribution in [0.5, 0.6) is 0 Å². The number of carbonyl (C=O) groups is 1. The van der Waals surface area contributed by atoms with Gasteiger partial charge in [0.15, 0.2) is 0 Å². The highest BCUT2D eigenvalue weighted by atomic mass is 32.2. The van der Waals surface area contributed by atoms with Crippen LogP contribution in [0.4, 0.5) is 0 Å². The molecule has 1 amide bonds. The van der Waals surface area contributed by atoms with E-state index in [1.807, 2.05) is 0 Å². The van der Waals surface area contributed by atoms with E-state index in [-0.39, 0.29) is 12.5 Å². The fraction of sp³-hybridized carbons (Fsp3) is 0.889. The van der Waals surface area contributed by atoms with Crippen molar-refractivity contribution in [2.75, 3.05) is 24.7 Å². The zero-order chi connectivity index (χ0) is 10.1. The van der Waals surface area contributed by atoms with Gasteiger partial charge in [-0.05, 0) is 11.7 Å². The van der Waals surface area contributed by atoms with Crippen LogP contribution < -0.4 is 5.32 Å². The molecule has 0 rings (SSSR count). The van der Waals surface area contributed by atoms with Gasteiger partial charge in [-0.3, -0.25) is 4.79 Å². The lowest BCUT2D eigenvalue weighted by Gasteiger charge is -2.07. The smallest absolute Gasteiger partial charge is 0.230 e. The lowest BCUT2D eigenvalue weighted by Crippen LogP contribution is -2.28. The fourth-order valence-corrected chi connectivity index (χ4v) is 1.76. The molecule has 2 N–H and O–H groups in total. The van der Waals surface area contributed by atoms with Crippen molar-refractivity contribution in [2.24, 2.45) is 5.92 Å². The topological polar surface area (TPSA) is 49.3 Å². The van der Waals surface area contributed by atoms with Gasteiger partial charge in [0.25, 0.3) is 0 Å². The summed E-state index contributed by atoms with van der Waals surface area (Å²) in [5.74, 6) is 2.23. The number of rotatable bonds is 7. The van der Waals surface area contributed by atoms with Gasteiger partial charge in [-0.15, -0.1) is 0 Å². The average molecular weight is 205 g/mol. The molecule has 0 aliphatic carbocycles. The molecule has 0 bridgehead atoms. The molecule has 0 radical (unpaired) electrons. The number of aliphatic hydroxyl groups is 1. The maximum absolute atomic E-state index is 11.0. The Hall–Kier alpha value is -0.220. The lowest BCUT2D eigenvalue weighted by atomic mass is 10.2. The van der Waals surface area contributed by atoms with Crippen LogP contribution in [0.3, 0.4) is 0 Å². The van der Waals surface area contributed by atoms with Crippen molar-refractivity contribution >= 4 is 17.7 Å². The molecule has 0 aliphatic rings. The van der Waals surface area contributed by atoms with Gasteiger partial charge in [0.2, 0.25) is 5.91 Å². The van der Waals surface area contributed by atoms with Crippen LogP contribution in [0.25, 0.3) is 0 Å². The second kappa shape index (κ2) is 8.38. The quantitative estimate of drug-likeness (QED) is 0.648. The van der Waals surface area contributed by atoms with Gasteiger partial charge in [-0.1, -0.05) is 20.3 Å². The summed E-state index contributed by atoms with van der Waals surface area (Å²) in [6.45, 7) is 4.71. The Labute approximate surface area is 84.3 Å². The largest absolute Gasteiger partial charge is 0.395 e. The van der Waals surface area contributed by atoms with Gasteiger partial charge in [0.05, 0.1) is 12.4 Å². The van der Waals surface area contributed by atoms with E-state index in [0.717, 1.165) is 12.2 Å². The Bertz CT molecular complexity index is 142. The number of aliphatic hydroxyl groups excluding tert-OH is 1. The molecule has 0 spiro atoms. The lowest BCUT2D eigenvalue weighted by molar-refractivity contribution is -0.118. The summed E-state index contributed by atoms with van der Waals surface area (Å²) in [7, 11) is 0. The Balaban J connectivity index is 3.26. The van der Waals surface area contributed by atoms with Crippen LogP contribution in [0.15, 0.2) is 0 Å². The van der Waals surface area contributed by atoms with Gasteiger partial charge >= 0.3 is 0 Å². The first-order valence-corrected chi connectivity index (χ1v) is 5.81. The van der Waals surface area contributed by atoms with E-state index in [1.54, 1.807) is 11.8 Å². The molecule has 0 aliphatic heterocycles. The number of amides is 1. The molecular formula is C9H19NO2S. The maximum Gasteiger partial charge on any atom is 0.230 e. The third-order valence-corrected chi connectivity index (χ3v) is 3.04. The second-order valence-electron chi connectivity index (χ2n) is 3.10. The third-order valence-electron chi connectivity index (χ3n) is 1.77. The summed E-state index contributed by atoms with van der Waals surface area (Å²) in [4.78, 5) is 11.0. The molecule has 0 saturated carbocycles. The monoisotopic (exact) mass is 205 g/mol. The first kappa shape index (κ1) is 12.8. The Morgan fingerprint density at radius 3 is 2.85 bits per heavy atom. The van der Waals surface area contributed by atoms with Gasteiger partial charge in [-0.25, -0.2) is 0 Å². The van der Waals surface area contributed by atoms with Crippen LogP contribution in [0.1, 0.15) is 20.3 Å². The summed E-state index contributed by atoms with van der Waals surface area (Å²) < 4.78 is 0. The molecule has 0 saturated heterocycles. The number of hydrogen-bond acceptors (Lipinski definition) is 3. The maximum atomic E-state index is 11.0. The summed E-state index contributed by atoms with van der Waals surface area (Å²) in [5.41, 5.74) is 0. The molecule has 0 heterocycles. The highest BCUT2D eigenvalue weighted by Crippen LogP contribution is 2.10. The number of carbonyl (C=O) groups excluding carboxylic acids is 1. The Kier molecular flexibility index (Phi) is 8.24. The minimum Gasteiger partial charge on any atom is -0.395 e. The predicted octanol–water partition coefficient (Wildman–Crippen LogP) is 0.874. The predicted molar refractivity (Wildman–Crippen MR) is 56.9 cm³/mol. The molecule has 13 heavy (non-hydrogen) atoms. The molecule has 0 fully saturated rings. The van der Waals surface area contributed by atoms with Crippen LogP contribution in [0, 0.1) is 5.92 Å². The molecule has 1 atom stereocenters. The van der Waals surface area contributed by atoms with E-state index in [4.69, 9.17) is 5.11 Å². The van der Waals surface area contributed by atoms with Crippen LogP contribution >= 0.6 is 11.8 Å². The van der Waals surface area contributed by atoms with E-state index in [2.05, 4.69) is 19.2 Å². The van der Waals surface area contributed by atoms with E-state index in [9.17, 15) is 4.79 Å². The van der Waals surface area contributed by atoms with Crippen LogP contribution in [0.2, 0.25) is 0 Å². The summed E-state index contributed by atoms with van der Waals surface area (Å²) in [5, 5.41) is 11.1. The van der Waals surface area contributed by atoms with Crippen molar-refractivity contribution in [3.8, 4) is 0 Å². The van der Waals surface area contributed by atoms with E-state index >= 15 is 0 Å². The van der Waals surface area contributed by atoms with Crippen LogP contribution in [-0.2, 0) is 4.79 Å². The zero-order valence-electron chi connectivity index (χ0n) is 8.38. The van der Waals surface area contributed by atoms with E-state index in [0.29, 0.717) is 18.2 Å². The second-order valence-corrected chi connectivity index (χ2v) is 4.13. The SMILES string of the molecule is CCC(C)CSCC(=O)NCCO. The highest BCUT2D eigenvalue weighted by Gasteiger charge is 2.02. The molecule has 0 aromatic carbocycles. The average Bonchev–Trinajstić information content (AvgIpc) is 2.14. The standard InChI is InChI=1S/C9H19NO2S/c1-3-8(2)6-13-7-9(12)10-4-5-11/h8,11H,3-7H2,1-2H3,(H,10,12). The Morgan fingerprint density at radius 1 is 1.62 bits per heavy atom. The zero-order valence-corrected chi connectivity index (χ0v) is 9.19. The first-order chi connectivity index (χ1) is 6.20.